The van der Waals surface area contributed by atoms with E-state index in [1.165, 1.54) is 12.1 Å². The van der Waals surface area contributed by atoms with Crippen LogP contribution in [0.15, 0.2) is 24.3 Å². The molecule has 0 heterocycles. The number of benzene rings is 1. The molecule has 94 valence electrons. The van der Waals surface area contributed by atoms with Crippen LogP contribution in [0.25, 0.3) is 0 Å². The van der Waals surface area contributed by atoms with E-state index in [0.717, 1.165) is 12.1 Å². The fourth-order valence-electron chi connectivity index (χ4n) is 1.17. The number of carbonyl (C=O) groups is 1. The minimum Gasteiger partial charge on any atom is -0.480 e. The average Bonchev–Trinajstić information content (AvgIpc) is 2.18. The Balaban J connectivity index is 2.65. The van der Waals surface area contributed by atoms with Crippen LogP contribution in [-0.4, -0.2) is 23.5 Å². The van der Waals surface area contributed by atoms with E-state index < -0.39 is 18.4 Å². The molecule has 1 atom stereocenters. The van der Waals surface area contributed by atoms with E-state index in [4.69, 9.17) is 10.8 Å². The molecule has 0 aromatic heterocycles. The van der Waals surface area contributed by atoms with Crippen molar-refractivity contribution in [3.05, 3.63) is 29.8 Å². The molecule has 1 aromatic rings. The quantitative estimate of drug-likeness (QED) is 0.848. The zero-order valence-corrected chi connectivity index (χ0v) is 8.57. The van der Waals surface area contributed by atoms with Crippen LogP contribution in [0.2, 0.25) is 0 Å². The van der Waals surface area contributed by atoms with E-state index in [9.17, 15) is 18.0 Å². The van der Waals surface area contributed by atoms with Gasteiger partial charge in [0.25, 0.3) is 0 Å². The molecule has 0 amide bonds. The molecule has 0 aliphatic rings. The van der Waals surface area contributed by atoms with Gasteiger partial charge in [0.05, 0.1) is 0 Å². The molecular weight excluding hydrogens is 239 g/mol. The molecule has 0 spiro atoms. The number of carboxylic acids is 1. The lowest BCUT2D eigenvalue weighted by molar-refractivity contribution is -0.274. The van der Waals surface area contributed by atoms with E-state index in [2.05, 4.69) is 4.74 Å². The van der Waals surface area contributed by atoms with Crippen molar-refractivity contribution >= 4 is 5.97 Å². The number of carboxylic acid groups (broad SMARTS) is 1. The standard InChI is InChI=1S/C10H10F3NO3/c11-10(12,13)17-7-3-1-6(2-4-7)5-8(14)9(15)16/h1-4,8H,5,14H2,(H,15,16)/t8-/m0/s1. The summed E-state index contributed by atoms with van der Waals surface area (Å²) in [5.74, 6) is -1.52. The average molecular weight is 249 g/mol. The van der Waals surface area contributed by atoms with Crippen molar-refractivity contribution in [3.8, 4) is 5.75 Å². The summed E-state index contributed by atoms with van der Waals surface area (Å²) in [4.78, 5) is 10.5. The number of halogens is 3. The van der Waals surface area contributed by atoms with E-state index in [0.29, 0.717) is 5.56 Å². The Labute approximate surface area is 94.8 Å². The molecule has 4 nitrogen and oxygen atoms in total. The number of nitrogens with two attached hydrogens (primary N) is 1. The second kappa shape index (κ2) is 5.05. The van der Waals surface area contributed by atoms with Gasteiger partial charge in [0.1, 0.15) is 11.8 Å². The third-order valence-corrected chi connectivity index (χ3v) is 1.93. The van der Waals surface area contributed by atoms with E-state index in [1.54, 1.807) is 0 Å². The van der Waals surface area contributed by atoms with Gasteiger partial charge in [-0.15, -0.1) is 13.2 Å². The lowest BCUT2D eigenvalue weighted by Crippen LogP contribution is -2.32. The molecule has 0 fully saturated rings. The van der Waals surface area contributed by atoms with Crippen molar-refractivity contribution in [1.82, 2.24) is 0 Å². The van der Waals surface area contributed by atoms with Crippen molar-refractivity contribution in [3.63, 3.8) is 0 Å². The minimum atomic E-state index is -4.74. The van der Waals surface area contributed by atoms with Crippen LogP contribution in [0.4, 0.5) is 13.2 Å². The Kier molecular flexibility index (Phi) is 3.95. The summed E-state index contributed by atoms with van der Waals surface area (Å²) in [6.07, 6.45) is -4.69. The molecule has 1 rings (SSSR count). The molecule has 0 saturated heterocycles. The Morgan fingerprint density at radius 3 is 2.29 bits per heavy atom. The van der Waals surface area contributed by atoms with Crippen LogP contribution in [0, 0.1) is 0 Å². The highest BCUT2D eigenvalue weighted by atomic mass is 19.4. The maximum Gasteiger partial charge on any atom is 0.573 e. The summed E-state index contributed by atoms with van der Waals surface area (Å²) in [5, 5.41) is 8.55. The predicted molar refractivity (Wildman–Crippen MR) is 52.4 cm³/mol. The number of ether oxygens (including phenoxy) is 1. The molecule has 0 aliphatic heterocycles. The maximum atomic E-state index is 11.8. The van der Waals surface area contributed by atoms with Gasteiger partial charge < -0.3 is 15.6 Å². The van der Waals surface area contributed by atoms with Crippen molar-refractivity contribution in [2.24, 2.45) is 5.73 Å². The third-order valence-electron chi connectivity index (χ3n) is 1.93. The second-order valence-electron chi connectivity index (χ2n) is 3.34. The van der Waals surface area contributed by atoms with Crippen LogP contribution in [0.3, 0.4) is 0 Å². The van der Waals surface area contributed by atoms with Crippen LogP contribution >= 0.6 is 0 Å². The van der Waals surface area contributed by atoms with Gasteiger partial charge in [-0.2, -0.15) is 0 Å². The highest BCUT2D eigenvalue weighted by molar-refractivity contribution is 5.73. The van der Waals surface area contributed by atoms with Gasteiger partial charge in [-0.05, 0) is 24.1 Å². The Hall–Kier alpha value is -1.76. The molecule has 0 radical (unpaired) electrons. The van der Waals surface area contributed by atoms with Crippen LogP contribution in [0.5, 0.6) is 5.75 Å². The maximum absolute atomic E-state index is 11.8. The summed E-state index contributed by atoms with van der Waals surface area (Å²) < 4.78 is 39.2. The van der Waals surface area contributed by atoms with Gasteiger partial charge in [0.2, 0.25) is 0 Å². The summed E-state index contributed by atoms with van der Waals surface area (Å²) in [6.45, 7) is 0. The lowest BCUT2D eigenvalue weighted by Gasteiger charge is -2.10. The van der Waals surface area contributed by atoms with Crippen molar-refractivity contribution in [2.75, 3.05) is 0 Å². The fraction of sp³-hybridized carbons (Fsp3) is 0.300. The Morgan fingerprint density at radius 1 is 1.35 bits per heavy atom. The van der Waals surface area contributed by atoms with Gasteiger partial charge >= 0.3 is 12.3 Å². The number of hydrogen-bond acceptors (Lipinski definition) is 3. The first-order valence-electron chi connectivity index (χ1n) is 4.61. The highest BCUT2D eigenvalue weighted by Crippen LogP contribution is 2.22. The van der Waals surface area contributed by atoms with Gasteiger partial charge in [-0.3, -0.25) is 4.79 Å². The van der Waals surface area contributed by atoms with Crippen molar-refractivity contribution < 1.29 is 27.8 Å². The SMILES string of the molecule is N[C@@H](Cc1ccc(OC(F)(F)F)cc1)C(=O)O. The third kappa shape index (κ3) is 4.73. The van der Waals surface area contributed by atoms with Gasteiger partial charge in [0, 0.05) is 0 Å². The molecule has 3 N–H and O–H groups in total. The lowest BCUT2D eigenvalue weighted by atomic mass is 10.1. The van der Waals surface area contributed by atoms with Gasteiger partial charge in [0.15, 0.2) is 0 Å². The molecule has 1 aromatic carbocycles. The number of alkyl halides is 3. The smallest absolute Gasteiger partial charge is 0.480 e. The summed E-state index contributed by atoms with van der Waals surface area (Å²) >= 11 is 0. The molecule has 0 saturated carbocycles. The first kappa shape index (κ1) is 13.3. The molecule has 0 bridgehead atoms. The number of hydrogen-bond donors (Lipinski definition) is 2. The van der Waals surface area contributed by atoms with Crippen LogP contribution < -0.4 is 10.5 Å². The summed E-state index contributed by atoms with van der Waals surface area (Å²) in [5.41, 5.74) is 5.80. The molecule has 17 heavy (non-hydrogen) atoms. The first-order chi connectivity index (χ1) is 7.78. The topological polar surface area (TPSA) is 72.5 Å². The van der Waals surface area contributed by atoms with Crippen molar-refractivity contribution in [1.29, 1.82) is 0 Å². The van der Waals surface area contributed by atoms with Crippen LogP contribution in [-0.2, 0) is 11.2 Å². The van der Waals surface area contributed by atoms with Gasteiger partial charge in [-0.25, -0.2) is 0 Å². The minimum absolute atomic E-state index is 0.0433. The second-order valence-corrected chi connectivity index (χ2v) is 3.34. The highest BCUT2D eigenvalue weighted by Gasteiger charge is 2.30. The largest absolute Gasteiger partial charge is 0.573 e. The fourth-order valence-corrected chi connectivity index (χ4v) is 1.17. The Bertz CT molecular complexity index is 389. The molecule has 0 unspecified atom stereocenters. The molecule has 7 heteroatoms. The monoisotopic (exact) mass is 249 g/mol. The predicted octanol–water partition coefficient (Wildman–Crippen LogP) is 1.54. The first-order valence-corrected chi connectivity index (χ1v) is 4.61. The zero-order valence-electron chi connectivity index (χ0n) is 8.57. The number of rotatable bonds is 4. The number of aliphatic carboxylic acids is 1. The zero-order chi connectivity index (χ0) is 13.1. The van der Waals surface area contributed by atoms with E-state index in [1.807, 2.05) is 0 Å². The van der Waals surface area contributed by atoms with Gasteiger partial charge in [-0.1, -0.05) is 12.1 Å². The Morgan fingerprint density at radius 2 is 1.88 bits per heavy atom. The van der Waals surface area contributed by atoms with E-state index in [-0.39, 0.29) is 12.2 Å². The van der Waals surface area contributed by atoms with Crippen molar-refractivity contribution in [2.45, 2.75) is 18.8 Å². The van der Waals surface area contributed by atoms with Crippen LogP contribution in [0.1, 0.15) is 5.56 Å². The van der Waals surface area contributed by atoms with E-state index >= 15 is 0 Å². The normalized spacial score (nSPS) is 13.2. The summed E-state index contributed by atoms with van der Waals surface area (Å²) in [6, 6.07) is 3.81. The molecular formula is C10H10F3NO3. The molecule has 0 aliphatic carbocycles. The summed E-state index contributed by atoms with van der Waals surface area (Å²) in [7, 11) is 0.